The normalized spacial score (nSPS) is 14.5. The molecule has 108 valence electrons. The van der Waals surface area contributed by atoms with Gasteiger partial charge in [0.2, 0.25) is 0 Å². The van der Waals surface area contributed by atoms with E-state index >= 15 is 0 Å². The van der Waals surface area contributed by atoms with E-state index in [1.54, 1.807) is 30.1 Å². The molecule has 0 spiro atoms. The second-order valence-electron chi connectivity index (χ2n) is 4.79. The van der Waals surface area contributed by atoms with Crippen LogP contribution >= 0.6 is 12.2 Å². The van der Waals surface area contributed by atoms with Crippen molar-refractivity contribution < 1.29 is 14.3 Å². The second-order valence-corrected chi connectivity index (χ2v) is 5.32. The minimum Gasteiger partial charge on any atom is -0.486 e. The minimum absolute atomic E-state index is 0.0480. The third-order valence-electron chi connectivity index (χ3n) is 3.27. The zero-order valence-electron chi connectivity index (χ0n) is 11.6. The van der Waals surface area contributed by atoms with Crippen molar-refractivity contribution in [2.75, 3.05) is 20.3 Å². The summed E-state index contributed by atoms with van der Waals surface area (Å²) in [6, 6.07) is 5.15. The molecule has 0 bridgehead atoms. The highest BCUT2D eigenvalue weighted by Crippen LogP contribution is 2.31. The van der Waals surface area contributed by atoms with Crippen LogP contribution in [0.25, 0.3) is 0 Å². The smallest absolute Gasteiger partial charge is 0.253 e. The maximum absolute atomic E-state index is 12.4. The van der Waals surface area contributed by atoms with Gasteiger partial charge in [-0.25, -0.2) is 0 Å². The average Bonchev–Trinajstić information content (AvgIpc) is 2.44. The Hall–Kier alpha value is -1.82. The standard InChI is InChI=1S/C14H18N2O3S/c1-9(7-13(15)20)16(2)14(17)10-3-4-11-12(8-10)19-6-5-18-11/h3-4,8-9H,5-7H2,1-2H3,(H2,15,20). The Balaban J connectivity index is 2.14. The Morgan fingerprint density at radius 2 is 2.05 bits per heavy atom. The third kappa shape index (κ3) is 3.19. The predicted octanol–water partition coefficient (Wildman–Crippen LogP) is 1.59. The molecule has 20 heavy (non-hydrogen) atoms. The molecule has 0 saturated carbocycles. The summed E-state index contributed by atoms with van der Waals surface area (Å²) in [5.41, 5.74) is 6.08. The van der Waals surface area contributed by atoms with Crippen molar-refractivity contribution in [2.45, 2.75) is 19.4 Å². The van der Waals surface area contributed by atoms with E-state index in [9.17, 15) is 4.79 Å². The average molecular weight is 294 g/mol. The number of thiocarbonyl (C=S) groups is 1. The van der Waals surface area contributed by atoms with Gasteiger partial charge in [0.15, 0.2) is 11.5 Å². The SMILES string of the molecule is CC(CC(N)=S)N(C)C(=O)c1ccc2c(c1)OCCO2. The number of carbonyl (C=O) groups excluding carboxylic acids is 1. The van der Waals surface area contributed by atoms with Gasteiger partial charge in [0.05, 0.1) is 4.99 Å². The van der Waals surface area contributed by atoms with E-state index < -0.39 is 0 Å². The maximum Gasteiger partial charge on any atom is 0.253 e. The van der Waals surface area contributed by atoms with Crippen molar-refractivity contribution in [2.24, 2.45) is 5.73 Å². The molecule has 1 atom stereocenters. The summed E-state index contributed by atoms with van der Waals surface area (Å²) in [4.78, 5) is 14.4. The number of ether oxygens (including phenoxy) is 2. The Labute approximate surface area is 123 Å². The summed E-state index contributed by atoms with van der Waals surface area (Å²) in [6.07, 6.45) is 0.502. The highest BCUT2D eigenvalue weighted by atomic mass is 32.1. The van der Waals surface area contributed by atoms with Crippen LogP contribution in [-0.2, 0) is 0 Å². The van der Waals surface area contributed by atoms with Crippen molar-refractivity contribution in [3.8, 4) is 11.5 Å². The molecule has 1 aliphatic rings. The maximum atomic E-state index is 12.4. The van der Waals surface area contributed by atoms with Crippen LogP contribution in [0.3, 0.4) is 0 Å². The van der Waals surface area contributed by atoms with Gasteiger partial charge in [-0.05, 0) is 25.1 Å². The Kier molecular flexibility index (Phi) is 4.44. The van der Waals surface area contributed by atoms with E-state index in [0.717, 1.165) is 0 Å². The number of hydrogen-bond acceptors (Lipinski definition) is 4. The summed E-state index contributed by atoms with van der Waals surface area (Å²) in [6.45, 7) is 2.94. The van der Waals surface area contributed by atoms with Crippen LogP contribution < -0.4 is 15.2 Å². The lowest BCUT2D eigenvalue weighted by molar-refractivity contribution is 0.0747. The number of nitrogens with zero attached hydrogens (tertiary/aromatic N) is 1. The molecule has 1 amide bonds. The van der Waals surface area contributed by atoms with Gasteiger partial charge in [-0.15, -0.1) is 0 Å². The van der Waals surface area contributed by atoms with Gasteiger partial charge in [-0.1, -0.05) is 12.2 Å². The first-order chi connectivity index (χ1) is 9.49. The van der Waals surface area contributed by atoms with Crippen LogP contribution in [0, 0.1) is 0 Å². The topological polar surface area (TPSA) is 64.8 Å². The monoisotopic (exact) mass is 294 g/mol. The molecule has 5 nitrogen and oxygen atoms in total. The molecular weight excluding hydrogens is 276 g/mol. The van der Waals surface area contributed by atoms with Crippen LogP contribution in [-0.4, -0.2) is 42.1 Å². The molecule has 1 aromatic rings. The zero-order valence-corrected chi connectivity index (χ0v) is 12.4. The number of nitrogens with two attached hydrogens (primary N) is 1. The molecule has 1 heterocycles. The summed E-state index contributed by atoms with van der Waals surface area (Å²) in [5, 5.41) is 0. The number of amides is 1. The third-order valence-corrected chi connectivity index (χ3v) is 3.43. The molecular formula is C14H18N2O3S. The van der Waals surface area contributed by atoms with Gasteiger partial charge >= 0.3 is 0 Å². The van der Waals surface area contributed by atoms with Crippen molar-refractivity contribution in [3.05, 3.63) is 23.8 Å². The summed E-state index contributed by atoms with van der Waals surface area (Å²) < 4.78 is 10.9. The molecule has 6 heteroatoms. The highest BCUT2D eigenvalue weighted by molar-refractivity contribution is 7.80. The Morgan fingerprint density at radius 1 is 1.40 bits per heavy atom. The molecule has 0 saturated heterocycles. The first-order valence-electron chi connectivity index (χ1n) is 6.44. The largest absolute Gasteiger partial charge is 0.486 e. The van der Waals surface area contributed by atoms with E-state index in [0.29, 0.717) is 41.7 Å². The summed E-state index contributed by atoms with van der Waals surface area (Å²) >= 11 is 4.88. The minimum atomic E-state index is -0.0919. The first-order valence-corrected chi connectivity index (χ1v) is 6.85. The molecule has 1 unspecified atom stereocenters. The van der Waals surface area contributed by atoms with E-state index in [2.05, 4.69) is 0 Å². The first kappa shape index (κ1) is 14.6. The van der Waals surface area contributed by atoms with Gasteiger partial charge in [-0.2, -0.15) is 0 Å². The lowest BCUT2D eigenvalue weighted by atomic mass is 10.1. The Morgan fingerprint density at radius 3 is 2.70 bits per heavy atom. The fourth-order valence-corrected chi connectivity index (χ4v) is 2.25. The highest BCUT2D eigenvalue weighted by Gasteiger charge is 2.20. The molecule has 2 N–H and O–H groups in total. The number of carbonyl (C=O) groups is 1. The molecule has 0 radical (unpaired) electrons. The quantitative estimate of drug-likeness (QED) is 0.854. The predicted molar refractivity (Wildman–Crippen MR) is 80.4 cm³/mol. The van der Waals surface area contributed by atoms with Crippen LogP contribution in [0.1, 0.15) is 23.7 Å². The van der Waals surface area contributed by atoms with Crippen molar-refractivity contribution in [1.29, 1.82) is 0 Å². The fourth-order valence-electron chi connectivity index (χ4n) is 2.01. The van der Waals surface area contributed by atoms with Crippen LogP contribution in [0.15, 0.2) is 18.2 Å². The lowest BCUT2D eigenvalue weighted by Gasteiger charge is -2.25. The van der Waals surface area contributed by atoms with Gasteiger partial charge in [0.25, 0.3) is 5.91 Å². The van der Waals surface area contributed by atoms with E-state index in [4.69, 9.17) is 27.4 Å². The van der Waals surface area contributed by atoms with Gasteiger partial charge in [0, 0.05) is 25.1 Å². The summed E-state index contributed by atoms with van der Waals surface area (Å²) in [7, 11) is 1.74. The van der Waals surface area contributed by atoms with E-state index in [1.807, 2.05) is 6.92 Å². The van der Waals surface area contributed by atoms with Crippen LogP contribution in [0.2, 0.25) is 0 Å². The molecule has 0 aromatic heterocycles. The van der Waals surface area contributed by atoms with Crippen molar-refractivity contribution in [1.82, 2.24) is 4.90 Å². The number of rotatable bonds is 4. The number of benzene rings is 1. The Bertz CT molecular complexity index is 533. The van der Waals surface area contributed by atoms with Crippen LogP contribution in [0.5, 0.6) is 11.5 Å². The molecule has 0 aliphatic carbocycles. The summed E-state index contributed by atoms with van der Waals surface area (Å²) in [5.74, 6) is 1.19. The fraction of sp³-hybridized carbons (Fsp3) is 0.429. The van der Waals surface area contributed by atoms with Gasteiger partial charge in [-0.3, -0.25) is 4.79 Å². The molecule has 1 aliphatic heterocycles. The van der Waals surface area contributed by atoms with Gasteiger partial charge < -0.3 is 20.1 Å². The lowest BCUT2D eigenvalue weighted by Crippen LogP contribution is -2.37. The number of hydrogen-bond donors (Lipinski definition) is 1. The molecule has 0 fully saturated rings. The molecule has 1 aromatic carbocycles. The van der Waals surface area contributed by atoms with E-state index in [1.165, 1.54) is 0 Å². The van der Waals surface area contributed by atoms with E-state index in [-0.39, 0.29) is 11.9 Å². The van der Waals surface area contributed by atoms with Crippen molar-refractivity contribution >= 4 is 23.1 Å². The zero-order chi connectivity index (χ0) is 14.7. The van der Waals surface area contributed by atoms with Crippen LogP contribution in [0.4, 0.5) is 0 Å². The number of fused-ring (bicyclic) bond motifs is 1. The van der Waals surface area contributed by atoms with Gasteiger partial charge in [0.1, 0.15) is 13.2 Å². The second kappa shape index (κ2) is 6.09. The molecule has 2 rings (SSSR count). The van der Waals surface area contributed by atoms with Crippen molar-refractivity contribution in [3.63, 3.8) is 0 Å².